The maximum Gasteiger partial charge on any atom is 0.258 e. The molecule has 116 valence electrons. The van der Waals surface area contributed by atoms with Gasteiger partial charge < -0.3 is 20.5 Å². The summed E-state index contributed by atoms with van der Waals surface area (Å²) in [7, 11) is 0. The van der Waals surface area contributed by atoms with Crippen molar-refractivity contribution in [3.05, 3.63) is 24.3 Å². The number of amides is 1. The zero-order valence-electron chi connectivity index (χ0n) is 12.4. The summed E-state index contributed by atoms with van der Waals surface area (Å²) in [6.45, 7) is 6.18. The number of carbonyl (C=O) groups excluding carboxylic acids is 1. The lowest BCUT2D eigenvalue weighted by molar-refractivity contribution is -0.124. The van der Waals surface area contributed by atoms with Gasteiger partial charge in [-0.05, 0) is 30.8 Å². The van der Waals surface area contributed by atoms with E-state index in [-0.39, 0.29) is 18.6 Å². The van der Waals surface area contributed by atoms with E-state index in [4.69, 9.17) is 15.2 Å². The van der Waals surface area contributed by atoms with E-state index in [0.717, 1.165) is 26.2 Å². The molecule has 0 radical (unpaired) electrons. The first-order valence-corrected chi connectivity index (χ1v) is 7.26. The lowest BCUT2D eigenvalue weighted by Gasteiger charge is -2.32. The number of rotatable bonds is 6. The Bertz CT molecular complexity index is 450. The monoisotopic (exact) mass is 293 g/mol. The third-order valence-electron chi connectivity index (χ3n) is 3.45. The van der Waals surface area contributed by atoms with Gasteiger partial charge in [0.05, 0.1) is 12.7 Å². The van der Waals surface area contributed by atoms with Gasteiger partial charge in [-0.3, -0.25) is 9.69 Å². The van der Waals surface area contributed by atoms with Gasteiger partial charge in [-0.2, -0.15) is 0 Å². The first kappa shape index (κ1) is 15.6. The van der Waals surface area contributed by atoms with E-state index in [1.54, 1.807) is 24.3 Å². The number of anilines is 1. The van der Waals surface area contributed by atoms with E-state index >= 15 is 0 Å². The Balaban J connectivity index is 1.66. The molecule has 6 heteroatoms. The lowest BCUT2D eigenvalue weighted by atomic mass is 10.2. The van der Waals surface area contributed by atoms with Gasteiger partial charge in [0, 0.05) is 25.3 Å². The molecule has 3 N–H and O–H groups in total. The van der Waals surface area contributed by atoms with Crippen molar-refractivity contribution in [2.75, 3.05) is 45.1 Å². The third-order valence-corrected chi connectivity index (χ3v) is 3.45. The van der Waals surface area contributed by atoms with Crippen molar-refractivity contribution in [2.24, 2.45) is 0 Å². The van der Waals surface area contributed by atoms with Crippen LogP contribution in [-0.2, 0) is 9.53 Å². The fourth-order valence-electron chi connectivity index (χ4n) is 2.18. The molecule has 6 nitrogen and oxygen atoms in total. The molecule has 1 unspecified atom stereocenters. The molecule has 1 heterocycles. The first-order valence-electron chi connectivity index (χ1n) is 7.26. The highest BCUT2D eigenvalue weighted by atomic mass is 16.5. The summed E-state index contributed by atoms with van der Waals surface area (Å²) in [4.78, 5) is 14.1. The molecule has 0 saturated carbocycles. The summed E-state index contributed by atoms with van der Waals surface area (Å²) in [5.74, 6) is 0.481. The van der Waals surface area contributed by atoms with Crippen molar-refractivity contribution in [2.45, 2.75) is 13.0 Å². The van der Waals surface area contributed by atoms with E-state index in [1.165, 1.54) is 0 Å². The van der Waals surface area contributed by atoms with Gasteiger partial charge in [-0.15, -0.1) is 0 Å². The molecule has 1 amide bonds. The Kier molecular flexibility index (Phi) is 5.83. The van der Waals surface area contributed by atoms with Crippen LogP contribution < -0.4 is 15.8 Å². The van der Waals surface area contributed by atoms with Crippen molar-refractivity contribution in [3.8, 4) is 5.75 Å². The first-order chi connectivity index (χ1) is 10.2. The van der Waals surface area contributed by atoms with Gasteiger partial charge in [-0.25, -0.2) is 0 Å². The molecule has 1 saturated heterocycles. The van der Waals surface area contributed by atoms with Crippen molar-refractivity contribution in [1.82, 2.24) is 10.2 Å². The number of nitrogen functional groups attached to an aromatic ring is 1. The predicted octanol–water partition coefficient (Wildman–Crippen LogP) is 0.485. The molecule has 1 aliphatic rings. The minimum Gasteiger partial charge on any atom is -0.484 e. The van der Waals surface area contributed by atoms with Crippen LogP contribution in [0, 0.1) is 0 Å². The normalized spacial score (nSPS) is 19.2. The summed E-state index contributed by atoms with van der Waals surface area (Å²) >= 11 is 0. The molecule has 0 spiro atoms. The molecule has 1 atom stereocenters. The number of morpholine rings is 1. The minimum atomic E-state index is -0.149. The van der Waals surface area contributed by atoms with Crippen molar-refractivity contribution in [1.29, 1.82) is 0 Å². The summed E-state index contributed by atoms with van der Waals surface area (Å²) in [6, 6.07) is 6.96. The van der Waals surface area contributed by atoms with Gasteiger partial charge in [-0.1, -0.05) is 6.92 Å². The maximum absolute atomic E-state index is 11.7. The molecular weight excluding hydrogens is 270 g/mol. The topological polar surface area (TPSA) is 76.8 Å². The number of benzene rings is 1. The number of nitrogens with zero attached hydrogens (tertiary/aromatic N) is 1. The van der Waals surface area contributed by atoms with Crippen molar-refractivity contribution in [3.63, 3.8) is 0 Å². The van der Waals surface area contributed by atoms with Crippen LogP contribution in [0.2, 0.25) is 0 Å². The van der Waals surface area contributed by atoms with Gasteiger partial charge >= 0.3 is 0 Å². The number of hydrogen-bond donors (Lipinski definition) is 2. The fraction of sp³-hybridized carbons (Fsp3) is 0.533. The molecule has 0 aromatic heterocycles. The second-order valence-electron chi connectivity index (χ2n) is 5.05. The predicted molar refractivity (Wildman–Crippen MR) is 81.2 cm³/mol. The van der Waals surface area contributed by atoms with E-state index in [9.17, 15) is 4.79 Å². The molecule has 1 fully saturated rings. The lowest BCUT2D eigenvalue weighted by Crippen LogP contribution is -2.47. The number of nitrogens with one attached hydrogen (secondary N) is 1. The largest absolute Gasteiger partial charge is 0.484 e. The Morgan fingerprint density at radius 2 is 2.24 bits per heavy atom. The molecule has 1 aromatic carbocycles. The Labute approximate surface area is 125 Å². The Morgan fingerprint density at radius 3 is 2.95 bits per heavy atom. The zero-order chi connectivity index (χ0) is 15.1. The van der Waals surface area contributed by atoms with Crippen molar-refractivity contribution >= 4 is 11.6 Å². The van der Waals surface area contributed by atoms with E-state index < -0.39 is 0 Å². The highest BCUT2D eigenvalue weighted by Crippen LogP contribution is 2.12. The van der Waals surface area contributed by atoms with Crippen LogP contribution in [0.5, 0.6) is 5.75 Å². The molecule has 2 rings (SSSR count). The Hall–Kier alpha value is -1.79. The summed E-state index contributed by atoms with van der Waals surface area (Å²) in [5.41, 5.74) is 6.25. The second kappa shape index (κ2) is 7.85. The third kappa shape index (κ3) is 5.24. The molecule has 21 heavy (non-hydrogen) atoms. The summed E-state index contributed by atoms with van der Waals surface area (Å²) < 4.78 is 11.0. The Morgan fingerprint density at radius 1 is 1.48 bits per heavy atom. The van der Waals surface area contributed by atoms with Gasteiger partial charge in [0.1, 0.15) is 5.75 Å². The number of ether oxygens (including phenoxy) is 2. The van der Waals surface area contributed by atoms with Gasteiger partial charge in [0.25, 0.3) is 5.91 Å². The van der Waals surface area contributed by atoms with Crippen LogP contribution in [0.25, 0.3) is 0 Å². The molecular formula is C15H23N3O3. The SMILES string of the molecule is CCN1CCOC(CNC(=O)COc2ccc(N)cc2)C1. The second-order valence-corrected chi connectivity index (χ2v) is 5.05. The van der Waals surface area contributed by atoms with Gasteiger partial charge in [0.15, 0.2) is 6.61 Å². The number of nitrogens with two attached hydrogens (primary N) is 1. The smallest absolute Gasteiger partial charge is 0.258 e. The summed E-state index contributed by atoms with van der Waals surface area (Å²) in [6.07, 6.45) is 0.0548. The standard InChI is InChI=1S/C15H23N3O3/c1-2-18-7-8-20-14(10-18)9-17-15(19)11-21-13-5-3-12(16)4-6-13/h3-6,14H,2,7-11,16H2,1H3,(H,17,19). The van der Waals surface area contributed by atoms with Crippen LogP contribution in [0.1, 0.15) is 6.92 Å². The van der Waals surface area contributed by atoms with Crippen molar-refractivity contribution < 1.29 is 14.3 Å². The van der Waals surface area contributed by atoms with E-state index in [2.05, 4.69) is 17.1 Å². The minimum absolute atomic E-state index is 0.00582. The van der Waals surface area contributed by atoms with Gasteiger partial charge in [0.2, 0.25) is 0 Å². The fourth-order valence-corrected chi connectivity index (χ4v) is 2.18. The number of hydrogen-bond acceptors (Lipinski definition) is 5. The number of likely N-dealkylation sites (N-methyl/N-ethyl adjacent to an activating group) is 1. The molecule has 0 bridgehead atoms. The average molecular weight is 293 g/mol. The van der Waals surface area contributed by atoms with Crippen LogP contribution in [0.4, 0.5) is 5.69 Å². The molecule has 1 aliphatic heterocycles. The van der Waals surface area contributed by atoms with E-state index in [0.29, 0.717) is 18.0 Å². The van der Waals surface area contributed by atoms with Crippen LogP contribution in [-0.4, -0.2) is 56.3 Å². The number of carbonyl (C=O) groups is 1. The molecule has 1 aromatic rings. The average Bonchev–Trinajstić information content (AvgIpc) is 2.52. The highest BCUT2D eigenvalue weighted by molar-refractivity contribution is 5.77. The zero-order valence-corrected chi connectivity index (χ0v) is 12.4. The van der Waals surface area contributed by atoms with Crippen LogP contribution >= 0.6 is 0 Å². The van der Waals surface area contributed by atoms with E-state index in [1.807, 2.05) is 0 Å². The van der Waals surface area contributed by atoms with Crippen LogP contribution in [0.3, 0.4) is 0 Å². The summed E-state index contributed by atoms with van der Waals surface area (Å²) in [5, 5.41) is 2.84. The molecule has 0 aliphatic carbocycles. The highest BCUT2D eigenvalue weighted by Gasteiger charge is 2.19. The quantitative estimate of drug-likeness (QED) is 0.746. The van der Waals surface area contributed by atoms with Crippen LogP contribution in [0.15, 0.2) is 24.3 Å². The maximum atomic E-state index is 11.7.